The van der Waals surface area contributed by atoms with Gasteiger partial charge in [0.05, 0.1) is 6.10 Å². The monoisotopic (exact) mass is 352 g/mol. The van der Waals surface area contributed by atoms with Crippen LogP contribution in [0.4, 0.5) is 0 Å². The van der Waals surface area contributed by atoms with Crippen molar-refractivity contribution in [2.75, 3.05) is 6.61 Å². The Hall–Kier alpha value is -1.68. The van der Waals surface area contributed by atoms with Crippen LogP contribution in [0.1, 0.15) is 27.2 Å². The molecule has 1 saturated heterocycles. The number of ether oxygens (including phenoxy) is 1. The van der Waals surface area contributed by atoms with Crippen molar-refractivity contribution in [2.24, 2.45) is 0 Å². The first-order chi connectivity index (χ1) is 12.0. The summed E-state index contributed by atoms with van der Waals surface area (Å²) in [4.78, 5) is 0. The van der Waals surface area contributed by atoms with Crippen molar-refractivity contribution in [3.63, 3.8) is 0 Å². The Kier molecular flexibility index (Phi) is 5.28. The summed E-state index contributed by atoms with van der Waals surface area (Å²) in [6.07, 6.45) is 3.28. The van der Waals surface area contributed by atoms with Crippen LogP contribution in [0.2, 0.25) is 5.04 Å². The van der Waals surface area contributed by atoms with E-state index < -0.39 is 8.32 Å². The lowest BCUT2D eigenvalue weighted by molar-refractivity contribution is 0.268. The Balaban J connectivity index is 1.95. The third-order valence-corrected chi connectivity index (χ3v) is 10.0. The second-order valence-corrected chi connectivity index (χ2v) is 12.0. The predicted molar refractivity (Wildman–Crippen MR) is 107 cm³/mol. The predicted octanol–water partition coefficient (Wildman–Crippen LogP) is 3.91. The molecule has 0 amide bonds. The summed E-state index contributed by atoms with van der Waals surface area (Å²) >= 11 is 0. The van der Waals surface area contributed by atoms with E-state index in [1.807, 2.05) is 6.08 Å². The number of hydrogen-bond acceptors (Lipinski definition) is 2. The van der Waals surface area contributed by atoms with Gasteiger partial charge in [-0.25, -0.2) is 0 Å². The molecule has 3 heteroatoms. The maximum absolute atomic E-state index is 6.83. The van der Waals surface area contributed by atoms with Crippen LogP contribution in [0.25, 0.3) is 0 Å². The van der Waals surface area contributed by atoms with Gasteiger partial charge in [0.1, 0.15) is 6.10 Å². The van der Waals surface area contributed by atoms with Crippen molar-refractivity contribution in [3.8, 4) is 0 Å². The zero-order chi connectivity index (χ0) is 17.9. The normalized spacial score (nSPS) is 20.3. The van der Waals surface area contributed by atoms with Crippen LogP contribution in [0.3, 0.4) is 0 Å². The van der Waals surface area contributed by atoms with Gasteiger partial charge in [0.25, 0.3) is 8.32 Å². The quantitative estimate of drug-likeness (QED) is 0.428. The van der Waals surface area contributed by atoms with E-state index in [-0.39, 0.29) is 17.2 Å². The lowest BCUT2D eigenvalue weighted by Crippen LogP contribution is -2.66. The molecule has 0 radical (unpaired) electrons. The Morgan fingerprint density at radius 2 is 1.52 bits per heavy atom. The largest absolute Gasteiger partial charge is 0.407 e. The number of benzene rings is 2. The van der Waals surface area contributed by atoms with Gasteiger partial charge in [-0.2, -0.15) is 0 Å². The molecule has 2 aromatic carbocycles. The standard InChI is InChI=1S/C22H28O2Si/c1-5-20-21(24-20)16-17-23-25(22(2,3)4,18-12-8-6-9-13-18)19-14-10-7-11-15-19/h5-15,20-21H,1,16-17H2,2-4H3/t20-,21-/m1/s1. The van der Waals surface area contributed by atoms with E-state index in [1.54, 1.807) is 0 Å². The third kappa shape index (κ3) is 3.64. The van der Waals surface area contributed by atoms with Crippen LogP contribution in [0.5, 0.6) is 0 Å². The van der Waals surface area contributed by atoms with Gasteiger partial charge in [-0.15, -0.1) is 6.58 Å². The first-order valence-electron chi connectivity index (χ1n) is 9.02. The van der Waals surface area contributed by atoms with Gasteiger partial charge in [-0.3, -0.25) is 0 Å². The lowest BCUT2D eigenvalue weighted by Gasteiger charge is -2.43. The van der Waals surface area contributed by atoms with E-state index >= 15 is 0 Å². The molecule has 1 heterocycles. The summed E-state index contributed by atoms with van der Waals surface area (Å²) < 4.78 is 12.4. The zero-order valence-electron chi connectivity index (χ0n) is 15.4. The third-order valence-electron chi connectivity index (χ3n) is 4.99. The van der Waals surface area contributed by atoms with Crippen molar-refractivity contribution >= 4 is 18.7 Å². The number of hydrogen-bond donors (Lipinski definition) is 0. The molecule has 0 aromatic heterocycles. The Morgan fingerprint density at radius 3 is 1.92 bits per heavy atom. The van der Waals surface area contributed by atoms with Gasteiger partial charge in [-0.1, -0.05) is 87.5 Å². The molecule has 1 fully saturated rings. The van der Waals surface area contributed by atoms with Crippen molar-refractivity contribution in [2.45, 2.75) is 44.4 Å². The number of epoxide rings is 1. The van der Waals surface area contributed by atoms with E-state index in [1.165, 1.54) is 10.4 Å². The summed E-state index contributed by atoms with van der Waals surface area (Å²) in [6, 6.07) is 21.5. The van der Waals surface area contributed by atoms with E-state index in [4.69, 9.17) is 9.16 Å². The zero-order valence-corrected chi connectivity index (χ0v) is 16.4. The first kappa shape index (κ1) is 18.1. The maximum Gasteiger partial charge on any atom is 0.261 e. The molecule has 0 saturated carbocycles. The van der Waals surface area contributed by atoms with Crippen LogP contribution in [0.15, 0.2) is 73.3 Å². The second kappa shape index (κ2) is 7.28. The molecule has 0 spiro atoms. The minimum Gasteiger partial charge on any atom is -0.407 e. The Bertz CT molecular complexity index is 651. The van der Waals surface area contributed by atoms with Crippen LogP contribution in [0, 0.1) is 0 Å². The summed E-state index contributed by atoms with van der Waals surface area (Å²) in [5.41, 5.74) is 0. The molecule has 1 aliphatic rings. The smallest absolute Gasteiger partial charge is 0.261 e. The molecule has 0 bridgehead atoms. The fourth-order valence-corrected chi connectivity index (χ4v) is 8.27. The molecule has 0 unspecified atom stereocenters. The Morgan fingerprint density at radius 1 is 1.00 bits per heavy atom. The molecule has 1 aliphatic heterocycles. The highest BCUT2D eigenvalue weighted by atomic mass is 28.4. The van der Waals surface area contributed by atoms with Crippen LogP contribution in [-0.2, 0) is 9.16 Å². The van der Waals surface area contributed by atoms with E-state index in [0.717, 1.165) is 6.42 Å². The first-order valence-corrected chi connectivity index (χ1v) is 10.9. The average Bonchev–Trinajstić information content (AvgIpc) is 3.38. The van der Waals surface area contributed by atoms with Crippen molar-refractivity contribution in [3.05, 3.63) is 73.3 Å². The molecule has 2 aromatic rings. The molecular formula is C22H28O2Si. The van der Waals surface area contributed by atoms with Gasteiger partial charge in [0, 0.05) is 6.61 Å². The van der Waals surface area contributed by atoms with Gasteiger partial charge in [0.2, 0.25) is 0 Å². The topological polar surface area (TPSA) is 21.8 Å². The van der Waals surface area contributed by atoms with Gasteiger partial charge < -0.3 is 9.16 Å². The minimum atomic E-state index is -2.40. The fourth-order valence-electron chi connectivity index (χ4n) is 3.69. The molecular weight excluding hydrogens is 324 g/mol. The van der Waals surface area contributed by atoms with E-state index in [2.05, 4.69) is 88.0 Å². The second-order valence-electron chi connectivity index (χ2n) is 7.68. The van der Waals surface area contributed by atoms with Gasteiger partial charge in [-0.05, 0) is 21.8 Å². The van der Waals surface area contributed by atoms with Crippen LogP contribution < -0.4 is 10.4 Å². The SMILES string of the molecule is C=C[C@H]1O[C@@H]1CCO[Si](c1ccccc1)(c1ccccc1)C(C)(C)C. The summed E-state index contributed by atoms with van der Waals surface area (Å²) in [5.74, 6) is 0. The van der Waals surface area contributed by atoms with Crippen LogP contribution >= 0.6 is 0 Å². The number of rotatable bonds is 7. The summed E-state index contributed by atoms with van der Waals surface area (Å²) in [6.45, 7) is 11.4. The molecule has 0 N–H and O–H groups in total. The van der Waals surface area contributed by atoms with E-state index in [9.17, 15) is 0 Å². The van der Waals surface area contributed by atoms with Gasteiger partial charge in [0.15, 0.2) is 0 Å². The molecule has 3 rings (SSSR count). The molecule has 132 valence electrons. The van der Waals surface area contributed by atoms with Crippen molar-refractivity contribution in [1.29, 1.82) is 0 Å². The minimum absolute atomic E-state index is 0.0257. The van der Waals surface area contributed by atoms with Gasteiger partial charge >= 0.3 is 0 Å². The Labute approximate surface area is 152 Å². The van der Waals surface area contributed by atoms with E-state index in [0.29, 0.717) is 6.61 Å². The molecule has 2 nitrogen and oxygen atoms in total. The summed E-state index contributed by atoms with van der Waals surface area (Å²) in [5, 5.41) is 2.68. The van der Waals surface area contributed by atoms with Crippen LogP contribution in [-0.4, -0.2) is 27.1 Å². The van der Waals surface area contributed by atoms with Crippen molar-refractivity contribution in [1.82, 2.24) is 0 Å². The highest BCUT2D eigenvalue weighted by molar-refractivity contribution is 6.99. The fraction of sp³-hybridized carbons (Fsp3) is 0.364. The molecule has 2 atom stereocenters. The average molecular weight is 353 g/mol. The molecule has 25 heavy (non-hydrogen) atoms. The maximum atomic E-state index is 6.83. The summed E-state index contributed by atoms with van der Waals surface area (Å²) in [7, 11) is -2.40. The highest BCUT2D eigenvalue weighted by Crippen LogP contribution is 2.37. The highest BCUT2D eigenvalue weighted by Gasteiger charge is 2.50. The lowest BCUT2D eigenvalue weighted by atomic mass is 10.2. The van der Waals surface area contributed by atoms with Crippen molar-refractivity contribution < 1.29 is 9.16 Å². The molecule has 0 aliphatic carbocycles.